The first-order valence-corrected chi connectivity index (χ1v) is 8.50. The minimum atomic E-state index is 0.149. The molecule has 0 spiro atoms. The molecule has 0 aromatic heterocycles. The van der Waals surface area contributed by atoms with E-state index >= 15 is 0 Å². The van der Waals surface area contributed by atoms with Crippen molar-refractivity contribution in [3.8, 4) is 5.75 Å². The van der Waals surface area contributed by atoms with Crippen LogP contribution in [0.5, 0.6) is 5.75 Å². The van der Waals surface area contributed by atoms with Gasteiger partial charge in [0.25, 0.3) is 0 Å². The number of nitrogens with zero attached hydrogens (tertiary/aromatic N) is 2. The molecule has 1 aliphatic heterocycles. The van der Waals surface area contributed by atoms with Crippen molar-refractivity contribution in [3.05, 3.63) is 29.8 Å². The summed E-state index contributed by atoms with van der Waals surface area (Å²) in [6.07, 6.45) is 0.965. The van der Waals surface area contributed by atoms with E-state index in [1.165, 1.54) is 5.56 Å². The lowest BCUT2D eigenvalue weighted by Crippen LogP contribution is -2.47. The molecule has 1 saturated heterocycles. The molecule has 1 N–H and O–H groups in total. The number of hydrogen-bond acceptors (Lipinski definition) is 4. The first-order chi connectivity index (χ1) is 11.2. The van der Waals surface area contributed by atoms with Crippen LogP contribution in [0.1, 0.15) is 17.9 Å². The van der Waals surface area contributed by atoms with Crippen LogP contribution in [0.25, 0.3) is 0 Å². The highest BCUT2D eigenvalue weighted by Crippen LogP contribution is 2.47. The zero-order chi connectivity index (χ0) is 16.2. The van der Waals surface area contributed by atoms with Crippen LogP contribution >= 0.6 is 0 Å². The van der Waals surface area contributed by atoms with Crippen molar-refractivity contribution >= 4 is 5.91 Å². The van der Waals surface area contributed by atoms with Crippen LogP contribution in [0, 0.1) is 5.92 Å². The molecule has 1 saturated carbocycles. The zero-order valence-electron chi connectivity index (χ0n) is 14.1. The molecular formula is C18H27N3O2. The van der Waals surface area contributed by atoms with Gasteiger partial charge in [0.15, 0.2) is 0 Å². The molecule has 5 heteroatoms. The van der Waals surface area contributed by atoms with E-state index in [4.69, 9.17) is 4.74 Å². The second-order valence-corrected chi connectivity index (χ2v) is 6.66. The summed E-state index contributed by atoms with van der Waals surface area (Å²) in [7, 11) is 3.83. The highest BCUT2D eigenvalue weighted by atomic mass is 16.5. The van der Waals surface area contributed by atoms with Crippen molar-refractivity contribution in [1.29, 1.82) is 0 Å². The molecule has 1 aromatic rings. The molecule has 5 nitrogen and oxygen atoms in total. The van der Waals surface area contributed by atoms with E-state index in [-0.39, 0.29) is 11.8 Å². The second kappa shape index (κ2) is 7.32. The number of amides is 1. The highest BCUT2D eigenvalue weighted by Gasteiger charge is 2.43. The molecule has 2 fully saturated rings. The van der Waals surface area contributed by atoms with Gasteiger partial charge in [-0.25, -0.2) is 0 Å². The lowest BCUT2D eigenvalue weighted by Gasteiger charge is -2.32. The number of carbonyl (C=O) groups excluding carboxylic acids is 1. The Balaban J connectivity index is 1.38. The number of methoxy groups -OCH3 is 1. The molecule has 1 aromatic carbocycles. The third kappa shape index (κ3) is 4.24. The number of rotatable bonds is 6. The Hall–Kier alpha value is -1.59. The molecular weight excluding hydrogens is 290 g/mol. The van der Waals surface area contributed by atoms with Crippen LogP contribution < -0.4 is 10.1 Å². The third-order valence-corrected chi connectivity index (χ3v) is 4.99. The Morgan fingerprint density at radius 3 is 2.57 bits per heavy atom. The van der Waals surface area contributed by atoms with Gasteiger partial charge in [0.2, 0.25) is 5.91 Å². The van der Waals surface area contributed by atoms with Crippen molar-refractivity contribution in [2.75, 3.05) is 53.4 Å². The van der Waals surface area contributed by atoms with Crippen LogP contribution in [0.4, 0.5) is 0 Å². The van der Waals surface area contributed by atoms with Crippen molar-refractivity contribution in [3.63, 3.8) is 0 Å². The van der Waals surface area contributed by atoms with Gasteiger partial charge in [-0.15, -0.1) is 0 Å². The predicted molar refractivity (Wildman–Crippen MR) is 90.8 cm³/mol. The van der Waals surface area contributed by atoms with Gasteiger partial charge in [0.1, 0.15) is 5.75 Å². The average Bonchev–Trinajstić information content (AvgIpc) is 3.37. The van der Waals surface area contributed by atoms with Gasteiger partial charge in [-0.2, -0.15) is 0 Å². The Kier molecular flexibility index (Phi) is 5.18. The third-order valence-electron chi connectivity index (χ3n) is 4.99. The first kappa shape index (κ1) is 16.3. The normalized spacial score (nSPS) is 25.1. The number of hydrogen-bond donors (Lipinski definition) is 1. The number of benzene rings is 1. The van der Waals surface area contributed by atoms with Gasteiger partial charge in [-0.05, 0) is 37.1 Å². The molecule has 3 rings (SSSR count). The van der Waals surface area contributed by atoms with Gasteiger partial charge in [0, 0.05) is 45.2 Å². The molecule has 1 aliphatic carbocycles. The fraction of sp³-hybridized carbons (Fsp3) is 0.611. The van der Waals surface area contributed by atoms with E-state index in [0.717, 1.165) is 51.4 Å². The van der Waals surface area contributed by atoms with E-state index < -0.39 is 0 Å². The fourth-order valence-corrected chi connectivity index (χ4v) is 3.24. The largest absolute Gasteiger partial charge is 0.497 e. The molecule has 2 aliphatic rings. The van der Waals surface area contributed by atoms with Crippen LogP contribution in [-0.4, -0.2) is 69.1 Å². The maximum Gasteiger partial charge on any atom is 0.223 e. The van der Waals surface area contributed by atoms with E-state index in [0.29, 0.717) is 5.92 Å². The van der Waals surface area contributed by atoms with Gasteiger partial charge < -0.3 is 15.0 Å². The second-order valence-electron chi connectivity index (χ2n) is 6.66. The Morgan fingerprint density at radius 2 is 1.91 bits per heavy atom. The molecule has 1 amide bonds. The van der Waals surface area contributed by atoms with Crippen LogP contribution in [0.2, 0.25) is 0 Å². The number of ether oxygens (including phenoxy) is 1. The van der Waals surface area contributed by atoms with E-state index in [9.17, 15) is 4.79 Å². The SMILES string of the molecule is COc1ccc([C@H]2C[C@@H]2C(=O)NCCN2CCN(C)CC2)cc1. The molecule has 0 radical (unpaired) electrons. The molecule has 1 heterocycles. The maximum atomic E-state index is 12.2. The number of nitrogens with one attached hydrogen (secondary N) is 1. The summed E-state index contributed by atoms with van der Waals surface area (Å²) < 4.78 is 5.17. The maximum absolute atomic E-state index is 12.2. The summed E-state index contributed by atoms with van der Waals surface area (Å²) in [5.41, 5.74) is 1.24. The summed E-state index contributed by atoms with van der Waals surface area (Å²) in [5.74, 6) is 1.60. The van der Waals surface area contributed by atoms with E-state index in [1.807, 2.05) is 12.1 Å². The Morgan fingerprint density at radius 1 is 1.22 bits per heavy atom. The standard InChI is InChI=1S/C18H27N3O2/c1-20-9-11-21(12-10-20)8-7-19-18(22)17-13-16(17)14-3-5-15(23-2)6-4-14/h3-6,16-17H,7-13H2,1-2H3,(H,19,22)/t16-,17+/m1/s1. The summed E-state index contributed by atoms with van der Waals surface area (Å²) in [4.78, 5) is 17.0. The van der Waals surface area contributed by atoms with Gasteiger partial charge in [0.05, 0.1) is 7.11 Å². The fourth-order valence-electron chi connectivity index (χ4n) is 3.24. The summed E-state index contributed by atoms with van der Waals surface area (Å²) in [6, 6.07) is 8.08. The lowest BCUT2D eigenvalue weighted by molar-refractivity contribution is -0.122. The van der Waals surface area contributed by atoms with Crippen molar-refractivity contribution < 1.29 is 9.53 Å². The average molecular weight is 317 g/mol. The van der Waals surface area contributed by atoms with Crippen molar-refractivity contribution in [2.45, 2.75) is 12.3 Å². The summed E-state index contributed by atoms with van der Waals surface area (Å²) >= 11 is 0. The Labute approximate surface area is 138 Å². The predicted octanol–water partition coefficient (Wildman–Crippen LogP) is 1.16. The quantitative estimate of drug-likeness (QED) is 0.855. The smallest absolute Gasteiger partial charge is 0.223 e. The topological polar surface area (TPSA) is 44.8 Å². The number of carbonyl (C=O) groups is 1. The lowest BCUT2D eigenvalue weighted by atomic mass is 10.1. The molecule has 23 heavy (non-hydrogen) atoms. The van der Waals surface area contributed by atoms with Gasteiger partial charge >= 0.3 is 0 Å². The van der Waals surface area contributed by atoms with Crippen molar-refractivity contribution in [2.24, 2.45) is 5.92 Å². The van der Waals surface area contributed by atoms with Gasteiger partial charge in [-0.1, -0.05) is 12.1 Å². The summed E-state index contributed by atoms with van der Waals surface area (Å²) in [6.45, 7) is 6.16. The van der Waals surface area contributed by atoms with Gasteiger partial charge in [-0.3, -0.25) is 9.69 Å². The molecule has 0 bridgehead atoms. The van der Waals surface area contributed by atoms with Crippen molar-refractivity contribution in [1.82, 2.24) is 15.1 Å². The Bertz CT molecular complexity index is 524. The molecule has 0 unspecified atom stereocenters. The minimum Gasteiger partial charge on any atom is -0.497 e. The highest BCUT2D eigenvalue weighted by molar-refractivity contribution is 5.82. The number of piperazine rings is 1. The molecule has 2 atom stereocenters. The van der Waals surface area contributed by atoms with E-state index in [1.54, 1.807) is 7.11 Å². The first-order valence-electron chi connectivity index (χ1n) is 8.50. The summed E-state index contributed by atoms with van der Waals surface area (Å²) in [5, 5.41) is 3.11. The van der Waals surface area contributed by atoms with E-state index in [2.05, 4.69) is 34.3 Å². The van der Waals surface area contributed by atoms with Crippen LogP contribution in [-0.2, 0) is 4.79 Å². The van der Waals surface area contributed by atoms with Crippen LogP contribution in [0.15, 0.2) is 24.3 Å². The van der Waals surface area contributed by atoms with Crippen LogP contribution in [0.3, 0.4) is 0 Å². The minimum absolute atomic E-state index is 0.149. The number of likely N-dealkylation sites (N-methyl/N-ethyl adjacent to an activating group) is 1. The zero-order valence-corrected chi connectivity index (χ0v) is 14.1. The molecule has 126 valence electrons. The monoisotopic (exact) mass is 317 g/mol.